The number of ketones is 1. The largest absolute Gasteiger partial charge is 0.345 e. The third-order valence-corrected chi connectivity index (χ3v) is 5.30. The molecule has 0 fully saturated rings. The second-order valence-electron chi connectivity index (χ2n) is 4.12. The Morgan fingerprint density at radius 1 is 1.53 bits per heavy atom. The first-order valence-electron chi connectivity index (χ1n) is 5.50. The van der Waals surface area contributed by atoms with E-state index in [9.17, 15) is 4.79 Å². The van der Waals surface area contributed by atoms with Crippen LogP contribution >= 0.6 is 38.9 Å². The summed E-state index contributed by atoms with van der Waals surface area (Å²) in [5.74, 6) is -0.0417. The predicted molar refractivity (Wildman–Crippen MR) is 81.3 cm³/mol. The van der Waals surface area contributed by atoms with Gasteiger partial charge in [0.25, 0.3) is 0 Å². The summed E-state index contributed by atoms with van der Waals surface area (Å²) < 4.78 is 0.972. The van der Waals surface area contributed by atoms with Crippen molar-refractivity contribution >= 4 is 55.7 Å². The third-order valence-electron chi connectivity index (χ3n) is 2.85. The Morgan fingerprint density at radius 3 is 3.00 bits per heavy atom. The summed E-state index contributed by atoms with van der Waals surface area (Å²) >= 11 is 11.0. The van der Waals surface area contributed by atoms with Gasteiger partial charge in [0.1, 0.15) is 5.65 Å². The van der Waals surface area contributed by atoms with Gasteiger partial charge in [-0.2, -0.15) is 0 Å². The van der Waals surface area contributed by atoms with Gasteiger partial charge in [-0.1, -0.05) is 11.6 Å². The smallest absolute Gasteiger partial charge is 0.205 e. The zero-order chi connectivity index (χ0) is 13.6. The fourth-order valence-electron chi connectivity index (χ4n) is 1.90. The lowest BCUT2D eigenvalue weighted by molar-refractivity contribution is 0.104. The topological polar surface area (TPSA) is 45.8 Å². The van der Waals surface area contributed by atoms with E-state index in [2.05, 4.69) is 25.9 Å². The van der Waals surface area contributed by atoms with Crippen molar-refractivity contribution in [3.8, 4) is 0 Å². The highest BCUT2D eigenvalue weighted by Crippen LogP contribution is 2.32. The molecular formula is C13H8BrClN2OS. The zero-order valence-corrected chi connectivity index (χ0v) is 13.0. The lowest BCUT2D eigenvalue weighted by atomic mass is 10.1. The number of aryl methyl sites for hydroxylation is 1. The Balaban J connectivity index is 2.17. The van der Waals surface area contributed by atoms with Crippen molar-refractivity contribution in [1.29, 1.82) is 0 Å². The van der Waals surface area contributed by atoms with E-state index >= 15 is 0 Å². The minimum absolute atomic E-state index is 0.0417. The van der Waals surface area contributed by atoms with Gasteiger partial charge in [0.05, 0.1) is 19.2 Å². The molecule has 6 heteroatoms. The van der Waals surface area contributed by atoms with Crippen LogP contribution in [0.5, 0.6) is 0 Å². The van der Waals surface area contributed by atoms with Crippen LogP contribution < -0.4 is 0 Å². The molecule has 0 unspecified atom stereocenters. The molecule has 0 aromatic carbocycles. The van der Waals surface area contributed by atoms with Crippen LogP contribution in [0.25, 0.3) is 11.0 Å². The summed E-state index contributed by atoms with van der Waals surface area (Å²) in [7, 11) is 0. The van der Waals surface area contributed by atoms with Gasteiger partial charge in [0, 0.05) is 17.8 Å². The Kier molecular flexibility index (Phi) is 3.20. The van der Waals surface area contributed by atoms with Crippen LogP contribution in [-0.2, 0) is 0 Å². The molecule has 0 amide bonds. The van der Waals surface area contributed by atoms with Crippen LogP contribution in [-0.4, -0.2) is 15.8 Å². The van der Waals surface area contributed by atoms with Gasteiger partial charge >= 0.3 is 0 Å². The number of fused-ring (bicyclic) bond motifs is 1. The second kappa shape index (κ2) is 4.74. The molecule has 3 rings (SSSR count). The van der Waals surface area contributed by atoms with E-state index in [-0.39, 0.29) is 5.78 Å². The molecule has 0 saturated carbocycles. The molecule has 3 nitrogen and oxygen atoms in total. The maximum absolute atomic E-state index is 12.5. The predicted octanol–water partition coefficient (Wildman–Crippen LogP) is 4.58. The van der Waals surface area contributed by atoms with Crippen LogP contribution in [0.1, 0.15) is 20.8 Å². The Labute approximate surface area is 126 Å². The van der Waals surface area contributed by atoms with Crippen molar-refractivity contribution in [3.63, 3.8) is 0 Å². The summed E-state index contributed by atoms with van der Waals surface area (Å²) in [6, 6.07) is 3.56. The van der Waals surface area contributed by atoms with Gasteiger partial charge in [-0.05, 0) is 40.5 Å². The average Bonchev–Trinajstić information content (AvgIpc) is 2.94. The molecule has 0 aliphatic carbocycles. The standard InChI is InChI=1S/C13H8BrClN2OS/c1-6-4-9(19-12(6)14)11(18)7-5-17-13-10(7)8(15)2-3-16-13/h2-5H,1H3,(H,16,17). The Hall–Kier alpha value is -1.17. The van der Waals surface area contributed by atoms with E-state index in [0.717, 1.165) is 9.35 Å². The van der Waals surface area contributed by atoms with Crippen LogP contribution in [0.4, 0.5) is 0 Å². The fraction of sp³-hybridized carbons (Fsp3) is 0.0769. The molecule has 0 atom stereocenters. The molecule has 3 aromatic rings. The number of pyridine rings is 1. The Bertz CT molecular complexity index is 774. The summed E-state index contributed by atoms with van der Waals surface area (Å²) in [5.41, 5.74) is 2.24. The number of nitrogens with one attached hydrogen (secondary N) is 1. The Morgan fingerprint density at radius 2 is 2.32 bits per heavy atom. The molecule has 0 aliphatic heterocycles. The first kappa shape index (κ1) is 12.8. The number of aromatic nitrogens is 2. The second-order valence-corrected chi connectivity index (χ2v) is 6.89. The highest BCUT2D eigenvalue weighted by Gasteiger charge is 2.19. The molecule has 3 heterocycles. The van der Waals surface area contributed by atoms with Crippen LogP contribution in [0.15, 0.2) is 28.3 Å². The maximum atomic E-state index is 12.5. The molecule has 0 bridgehead atoms. The van der Waals surface area contributed by atoms with Crippen molar-refractivity contribution in [3.05, 3.63) is 49.3 Å². The summed E-state index contributed by atoms with van der Waals surface area (Å²) in [6.45, 7) is 1.96. The van der Waals surface area contributed by atoms with Gasteiger partial charge in [0.2, 0.25) is 5.78 Å². The number of thiophene rings is 1. The molecule has 1 N–H and O–H groups in total. The van der Waals surface area contributed by atoms with Gasteiger partial charge in [-0.3, -0.25) is 4.79 Å². The average molecular weight is 356 g/mol. The molecule has 0 saturated heterocycles. The first-order valence-corrected chi connectivity index (χ1v) is 7.49. The van der Waals surface area contributed by atoms with Gasteiger partial charge in [-0.15, -0.1) is 11.3 Å². The maximum Gasteiger partial charge on any atom is 0.205 e. The van der Waals surface area contributed by atoms with E-state index < -0.39 is 0 Å². The summed E-state index contributed by atoms with van der Waals surface area (Å²) in [6.07, 6.45) is 3.27. The molecule has 3 aromatic heterocycles. The number of carbonyl (C=O) groups is 1. The SMILES string of the molecule is Cc1cc(C(=O)c2c[nH]c3nccc(Cl)c23)sc1Br. The lowest BCUT2D eigenvalue weighted by Gasteiger charge is -1.97. The van der Waals surface area contributed by atoms with Gasteiger partial charge in [-0.25, -0.2) is 4.98 Å². The number of rotatable bonds is 2. The molecule has 96 valence electrons. The molecule has 19 heavy (non-hydrogen) atoms. The van der Waals surface area contributed by atoms with E-state index in [1.165, 1.54) is 11.3 Å². The van der Waals surface area contributed by atoms with Crippen LogP contribution in [0, 0.1) is 6.92 Å². The third kappa shape index (κ3) is 2.12. The van der Waals surface area contributed by atoms with Crippen molar-refractivity contribution in [2.45, 2.75) is 6.92 Å². The van der Waals surface area contributed by atoms with Crippen LogP contribution in [0.3, 0.4) is 0 Å². The number of H-pyrrole nitrogens is 1. The number of carbonyl (C=O) groups excluding carboxylic acids is 1. The van der Waals surface area contributed by atoms with E-state index in [1.807, 2.05) is 13.0 Å². The van der Waals surface area contributed by atoms with Crippen molar-refractivity contribution in [2.75, 3.05) is 0 Å². The van der Waals surface area contributed by atoms with Gasteiger partial charge in [0.15, 0.2) is 0 Å². The van der Waals surface area contributed by atoms with Crippen molar-refractivity contribution < 1.29 is 4.79 Å². The van der Waals surface area contributed by atoms with E-state index in [4.69, 9.17) is 11.6 Å². The van der Waals surface area contributed by atoms with Gasteiger partial charge < -0.3 is 4.98 Å². The molecular weight excluding hydrogens is 348 g/mol. The van der Waals surface area contributed by atoms with Crippen LogP contribution in [0.2, 0.25) is 5.02 Å². The summed E-state index contributed by atoms with van der Waals surface area (Å²) in [4.78, 5) is 20.3. The number of hydrogen-bond donors (Lipinski definition) is 1. The number of halogens is 2. The van der Waals surface area contributed by atoms with E-state index in [1.54, 1.807) is 18.5 Å². The molecule has 0 aliphatic rings. The van der Waals surface area contributed by atoms with E-state index in [0.29, 0.717) is 26.5 Å². The minimum Gasteiger partial charge on any atom is -0.345 e. The zero-order valence-electron chi connectivity index (χ0n) is 9.83. The normalized spacial score (nSPS) is 11.1. The first-order chi connectivity index (χ1) is 9.08. The quantitative estimate of drug-likeness (QED) is 0.684. The van der Waals surface area contributed by atoms with Crippen molar-refractivity contribution in [1.82, 2.24) is 9.97 Å². The van der Waals surface area contributed by atoms with Crippen molar-refractivity contribution in [2.24, 2.45) is 0 Å². The lowest BCUT2D eigenvalue weighted by Crippen LogP contribution is -1.97. The minimum atomic E-state index is -0.0417. The monoisotopic (exact) mass is 354 g/mol. The molecule has 0 radical (unpaired) electrons. The fourth-order valence-corrected chi connectivity index (χ4v) is 3.64. The molecule has 0 spiro atoms. The number of nitrogens with zero attached hydrogens (tertiary/aromatic N) is 1. The number of hydrogen-bond acceptors (Lipinski definition) is 3. The highest BCUT2D eigenvalue weighted by molar-refractivity contribution is 9.11. The number of aromatic amines is 1. The summed E-state index contributed by atoms with van der Waals surface area (Å²) in [5, 5.41) is 1.21. The highest BCUT2D eigenvalue weighted by atomic mass is 79.9.